The first kappa shape index (κ1) is 13.6. The van der Waals surface area contributed by atoms with E-state index in [4.69, 9.17) is 14.6 Å². The standard InChI is InChI=1S/C11H14BrN3O2S/c1-2-7(13)5-18-6-10-14-15-11(17-10)8-3-4-9(12)16-8/h3-4,7H,2,5-6,13H2,1H3. The Labute approximate surface area is 118 Å². The van der Waals surface area contributed by atoms with Crippen molar-refractivity contribution >= 4 is 27.7 Å². The van der Waals surface area contributed by atoms with Crippen molar-refractivity contribution in [2.75, 3.05) is 5.75 Å². The second-order valence-electron chi connectivity index (χ2n) is 3.79. The van der Waals surface area contributed by atoms with Gasteiger partial charge < -0.3 is 14.6 Å². The third kappa shape index (κ3) is 3.60. The van der Waals surface area contributed by atoms with Crippen LogP contribution in [-0.4, -0.2) is 22.0 Å². The smallest absolute Gasteiger partial charge is 0.283 e. The van der Waals surface area contributed by atoms with Crippen molar-refractivity contribution in [3.63, 3.8) is 0 Å². The molecule has 0 aromatic carbocycles. The molecule has 2 heterocycles. The van der Waals surface area contributed by atoms with E-state index in [1.807, 2.05) is 0 Å². The maximum Gasteiger partial charge on any atom is 0.283 e. The highest BCUT2D eigenvalue weighted by molar-refractivity contribution is 9.10. The Morgan fingerprint density at radius 3 is 2.89 bits per heavy atom. The molecule has 2 aromatic heterocycles. The van der Waals surface area contributed by atoms with Gasteiger partial charge in [-0.3, -0.25) is 0 Å². The number of hydrogen-bond donors (Lipinski definition) is 1. The first-order chi connectivity index (χ1) is 8.69. The number of hydrogen-bond acceptors (Lipinski definition) is 6. The predicted octanol–water partition coefficient (Wildman–Crippen LogP) is 3.06. The molecule has 98 valence electrons. The van der Waals surface area contributed by atoms with E-state index in [2.05, 4.69) is 33.1 Å². The monoisotopic (exact) mass is 331 g/mol. The Morgan fingerprint density at radius 2 is 2.22 bits per heavy atom. The molecule has 0 amide bonds. The first-order valence-electron chi connectivity index (χ1n) is 5.60. The van der Waals surface area contributed by atoms with Gasteiger partial charge in [0.2, 0.25) is 5.89 Å². The lowest BCUT2D eigenvalue weighted by molar-refractivity contribution is 0.486. The lowest BCUT2D eigenvalue weighted by Crippen LogP contribution is -2.21. The third-order valence-corrected chi connectivity index (χ3v) is 3.87. The molecule has 1 atom stereocenters. The molecule has 5 nitrogen and oxygen atoms in total. The summed E-state index contributed by atoms with van der Waals surface area (Å²) in [4.78, 5) is 0. The quantitative estimate of drug-likeness (QED) is 0.876. The average Bonchev–Trinajstić information content (AvgIpc) is 2.97. The van der Waals surface area contributed by atoms with Crippen LogP contribution in [0, 0.1) is 0 Å². The molecule has 2 rings (SSSR count). The molecular formula is C11H14BrN3O2S. The number of halogens is 1. The van der Waals surface area contributed by atoms with E-state index >= 15 is 0 Å². The molecule has 18 heavy (non-hydrogen) atoms. The Balaban J connectivity index is 1.90. The van der Waals surface area contributed by atoms with E-state index in [0.29, 0.717) is 28.0 Å². The predicted molar refractivity (Wildman–Crippen MR) is 74.1 cm³/mol. The average molecular weight is 332 g/mol. The van der Waals surface area contributed by atoms with Crippen molar-refractivity contribution in [3.05, 3.63) is 22.7 Å². The van der Waals surface area contributed by atoms with E-state index < -0.39 is 0 Å². The second kappa shape index (κ2) is 6.40. The van der Waals surface area contributed by atoms with E-state index in [0.717, 1.165) is 12.2 Å². The van der Waals surface area contributed by atoms with Crippen molar-refractivity contribution in [2.45, 2.75) is 25.1 Å². The van der Waals surface area contributed by atoms with Gasteiger partial charge in [-0.25, -0.2) is 0 Å². The minimum absolute atomic E-state index is 0.221. The number of nitrogens with zero attached hydrogens (tertiary/aromatic N) is 2. The van der Waals surface area contributed by atoms with E-state index in [1.54, 1.807) is 23.9 Å². The van der Waals surface area contributed by atoms with E-state index in [-0.39, 0.29) is 6.04 Å². The van der Waals surface area contributed by atoms with Crippen LogP contribution in [-0.2, 0) is 5.75 Å². The van der Waals surface area contributed by atoms with Gasteiger partial charge in [0, 0.05) is 11.8 Å². The van der Waals surface area contributed by atoms with Crippen molar-refractivity contribution in [3.8, 4) is 11.7 Å². The summed E-state index contributed by atoms with van der Waals surface area (Å²) in [6.07, 6.45) is 0.975. The number of aromatic nitrogens is 2. The summed E-state index contributed by atoms with van der Waals surface area (Å²) < 4.78 is 11.5. The molecular weight excluding hydrogens is 318 g/mol. The van der Waals surface area contributed by atoms with E-state index in [1.165, 1.54) is 0 Å². The highest BCUT2D eigenvalue weighted by atomic mass is 79.9. The zero-order valence-corrected chi connectivity index (χ0v) is 12.3. The van der Waals surface area contributed by atoms with Gasteiger partial charge in [0.15, 0.2) is 10.4 Å². The maximum absolute atomic E-state index is 5.83. The molecule has 0 aliphatic rings. The zero-order valence-electron chi connectivity index (χ0n) is 9.93. The minimum atomic E-state index is 0.221. The molecule has 0 saturated carbocycles. The van der Waals surface area contributed by atoms with Crippen molar-refractivity contribution < 1.29 is 8.83 Å². The summed E-state index contributed by atoms with van der Waals surface area (Å²) in [5.74, 6) is 3.11. The normalized spacial score (nSPS) is 12.8. The molecule has 0 radical (unpaired) electrons. The van der Waals surface area contributed by atoms with Gasteiger partial charge in [0.1, 0.15) is 0 Å². The highest BCUT2D eigenvalue weighted by Gasteiger charge is 2.12. The largest absolute Gasteiger partial charge is 0.444 e. The molecule has 0 aliphatic carbocycles. The molecule has 2 N–H and O–H groups in total. The Hall–Kier alpha value is -0.790. The van der Waals surface area contributed by atoms with Gasteiger partial charge in [-0.05, 0) is 34.5 Å². The molecule has 0 spiro atoms. The molecule has 2 aromatic rings. The Morgan fingerprint density at radius 1 is 1.39 bits per heavy atom. The fourth-order valence-electron chi connectivity index (χ4n) is 1.26. The Bertz CT molecular complexity index is 500. The summed E-state index contributed by atoms with van der Waals surface area (Å²) in [5, 5.41) is 7.91. The lowest BCUT2D eigenvalue weighted by Gasteiger charge is -2.05. The molecule has 0 aliphatic heterocycles. The zero-order chi connectivity index (χ0) is 13.0. The fourth-order valence-corrected chi connectivity index (χ4v) is 2.51. The summed E-state index contributed by atoms with van der Waals surface area (Å²) in [5.41, 5.74) is 5.83. The summed E-state index contributed by atoms with van der Waals surface area (Å²) in [6.45, 7) is 2.07. The van der Waals surface area contributed by atoms with Crippen LogP contribution in [0.25, 0.3) is 11.7 Å². The molecule has 0 fully saturated rings. The molecule has 0 bridgehead atoms. The van der Waals surface area contributed by atoms with Crippen molar-refractivity contribution in [1.82, 2.24) is 10.2 Å². The lowest BCUT2D eigenvalue weighted by atomic mass is 10.3. The van der Waals surface area contributed by atoms with Gasteiger partial charge in [-0.1, -0.05) is 6.92 Å². The van der Waals surface area contributed by atoms with Gasteiger partial charge in [0.25, 0.3) is 5.89 Å². The van der Waals surface area contributed by atoms with Gasteiger partial charge in [-0.2, -0.15) is 11.8 Å². The molecule has 1 unspecified atom stereocenters. The number of rotatable bonds is 6. The third-order valence-electron chi connectivity index (χ3n) is 2.33. The van der Waals surface area contributed by atoms with Crippen LogP contribution in [0.15, 0.2) is 25.6 Å². The number of nitrogens with two attached hydrogens (primary N) is 1. The first-order valence-corrected chi connectivity index (χ1v) is 7.55. The number of furan rings is 1. The summed E-state index contributed by atoms with van der Waals surface area (Å²) in [7, 11) is 0. The van der Waals surface area contributed by atoms with Gasteiger partial charge in [0.05, 0.1) is 5.75 Å². The summed E-state index contributed by atoms with van der Waals surface area (Å²) >= 11 is 4.92. The van der Waals surface area contributed by atoms with Gasteiger partial charge >= 0.3 is 0 Å². The fraction of sp³-hybridized carbons (Fsp3) is 0.455. The van der Waals surface area contributed by atoms with Crippen molar-refractivity contribution in [1.29, 1.82) is 0 Å². The second-order valence-corrected chi connectivity index (χ2v) is 5.60. The Kier molecular flexibility index (Phi) is 4.85. The number of thioether (sulfide) groups is 1. The minimum Gasteiger partial charge on any atom is -0.444 e. The maximum atomic E-state index is 5.83. The highest BCUT2D eigenvalue weighted by Crippen LogP contribution is 2.24. The molecule has 7 heteroatoms. The van der Waals surface area contributed by atoms with Crippen LogP contribution in [0.1, 0.15) is 19.2 Å². The van der Waals surface area contributed by atoms with Crippen LogP contribution in [0.3, 0.4) is 0 Å². The van der Waals surface area contributed by atoms with Crippen LogP contribution in [0.4, 0.5) is 0 Å². The topological polar surface area (TPSA) is 78.1 Å². The van der Waals surface area contributed by atoms with Crippen LogP contribution >= 0.6 is 27.7 Å². The molecule has 0 saturated heterocycles. The van der Waals surface area contributed by atoms with Crippen LogP contribution in [0.2, 0.25) is 0 Å². The van der Waals surface area contributed by atoms with Crippen molar-refractivity contribution in [2.24, 2.45) is 5.73 Å². The van der Waals surface area contributed by atoms with Crippen LogP contribution in [0.5, 0.6) is 0 Å². The van der Waals surface area contributed by atoms with E-state index in [9.17, 15) is 0 Å². The van der Waals surface area contributed by atoms with Gasteiger partial charge in [-0.15, -0.1) is 10.2 Å². The van der Waals surface area contributed by atoms with Crippen LogP contribution < -0.4 is 5.73 Å². The SMILES string of the molecule is CCC(N)CSCc1nnc(-c2ccc(Br)o2)o1. The summed E-state index contributed by atoms with van der Waals surface area (Å²) in [6, 6.07) is 3.79.